The number of carbonyl (C=O) groups excluding carboxylic acids is 2. The summed E-state index contributed by atoms with van der Waals surface area (Å²) in [5, 5.41) is 3.12. The molecule has 0 bridgehead atoms. The molecule has 0 radical (unpaired) electrons. The Bertz CT molecular complexity index is 662. The van der Waals surface area contributed by atoms with E-state index in [2.05, 4.69) is 24.4 Å². The zero-order chi connectivity index (χ0) is 18.0. The molecule has 5 nitrogen and oxygen atoms in total. The van der Waals surface area contributed by atoms with Gasteiger partial charge in [0.15, 0.2) is 0 Å². The van der Waals surface area contributed by atoms with Gasteiger partial charge in [-0.1, -0.05) is 24.3 Å². The molecule has 6 heteroatoms. The molecule has 3 rings (SSSR count). The zero-order valence-electron chi connectivity index (χ0n) is 16.0. The molecule has 2 amide bonds. The largest absolute Gasteiger partial charge is 0.340 e. The molecule has 2 heterocycles. The summed E-state index contributed by atoms with van der Waals surface area (Å²) >= 11 is 0. The maximum atomic E-state index is 13.3. The number of benzene rings is 1. The maximum absolute atomic E-state index is 13.3. The summed E-state index contributed by atoms with van der Waals surface area (Å²) in [6, 6.07) is 8.26. The van der Waals surface area contributed by atoms with Gasteiger partial charge in [-0.3, -0.25) is 9.59 Å². The Labute approximate surface area is 162 Å². The number of amides is 2. The molecule has 1 atom stereocenters. The summed E-state index contributed by atoms with van der Waals surface area (Å²) in [5.41, 5.74) is 1.67. The van der Waals surface area contributed by atoms with Crippen molar-refractivity contribution < 1.29 is 9.59 Å². The highest BCUT2D eigenvalue weighted by atomic mass is 35.5. The third kappa shape index (κ3) is 4.04. The molecule has 2 saturated heterocycles. The van der Waals surface area contributed by atoms with Gasteiger partial charge in [-0.15, -0.1) is 12.4 Å². The SMILES string of the molecule is Cc1ccccc1C(C)(C)C(=O)N1CCCC(N2CCNCC2=O)C1.Cl. The van der Waals surface area contributed by atoms with E-state index in [1.165, 1.54) is 0 Å². The molecule has 0 spiro atoms. The summed E-state index contributed by atoms with van der Waals surface area (Å²) in [4.78, 5) is 29.4. The highest BCUT2D eigenvalue weighted by Gasteiger charge is 2.38. The van der Waals surface area contributed by atoms with E-state index in [1.807, 2.05) is 35.8 Å². The quantitative estimate of drug-likeness (QED) is 0.875. The van der Waals surface area contributed by atoms with E-state index >= 15 is 0 Å². The number of rotatable bonds is 3. The Morgan fingerprint density at radius 3 is 2.65 bits per heavy atom. The maximum Gasteiger partial charge on any atom is 0.236 e. The molecule has 1 aromatic rings. The third-order valence-corrected chi connectivity index (χ3v) is 5.60. The second kappa shape index (κ2) is 8.40. The van der Waals surface area contributed by atoms with Crippen LogP contribution in [0.15, 0.2) is 24.3 Å². The van der Waals surface area contributed by atoms with Gasteiger partial charge in [0.2, 0.25) is 11.8 Å². The predicted octanol–water partition coefficient (Wildman–Crippen LogP) is 2.12. The molecule has 2 aliphatic rings. The second-order valence-electron chi connectivity index (χ2n) is 7.75. The zero-order valence-corrected chi connectivity index (χ0v) is 16.8. The van der Waals surface area contributed by atoms with Crippen molar-refractivity contribution in [3.8, 4) is 0 Å². The number of nitrogens with one attached hydrogen (secondary N) is 1. The number of hydrogen-bond acceptors (Lipinski definition) is 3. The number of nitrogens with zero attached hydrogens (tertiary/aromatic N) is 2. The number of halogens is 1. The highest BCUT2D eigenvalue weighted by Crippen LogP contribution is 2.30. The molecular weight excluding hydrogens is 350 g/mol. The van der Waals surface area contributed by atoms with Crippen molar-refractivity contribution in [3.63, 3.8) is 0 Å². The molecule has 1 N–H and O–H groups in total. The Morgan fingerprint density at radius 1 is 1.23 bits per heavy atom. The molecular formula is C20H30ClN3O2. The standard InChI is InChI=1S/C20H29N3O2.ClH/c1-15-7-4-5-9-17(15)20(2,3)19(25)22-11-6-8-16(14-22)23-12-10-21-13-18(23)24;/h4-5,7,9,16,21H,6,8,10-14H2,1-3H3;1H. The van der Waals surface area contributed by atoms with Crippen molar-refractivity contribution in [2.75, 3.05) is 32.7 Å². The summed E-state index contributed by atoms with van der Waals surface area (Å²) in [6.07, 6.45) is 1.94. The number of likely N-dealkylation sites (tertiary alicyclic amines) is 1. The number of piperidine rings is 1. The first kappa shape index (κ1) is 20.7. The minimum Gasteiger partial charge on any atom is -0.340 e. The summed E-state index contributed by atoms with van der Waals surface area (Å²) in [6.45, 7) is 9.51. The van der Waals surface area contributed by atoms with Crippen molar-refractivity contribution in [1.29, 1.82) is 0 Å². The fraction of sp³-hybridized carbons (Fsp3) is 0.600. The average Bonchev–Trinajstić information content (AvgIpc) is 2.62. The first-order valence-electron chi connectivity index (χ1n) is 9.27. The van der Waals surface area contributed by atoms with Crippen LogP contribution in [0.3, 0.4) is 0 Å². The van der Waals surface area contributed by atoms with Crippen molar-refractivity contribution >= 4 is 24.2 Å². The van der Waals surface area contributed by atoms with E-state index in [0.717, 1.165) is 43.6 Å². The normalized spacial score (nSPS) is 21.3. The van der Waals surface area contributed by atoms with Crippen LogP contribution in [0.4, 0.5) is 0 Å². The van der Waals surface area contributed by atoms with E-state index in [1.54, 1.807) is 0 Å². The number of aryl methyl sites for hydroxylation is 1. The van der Waals surface area contributed by atoms with E-state index in [-0.39, 0.29) is 30.3 Å². The van der Waals surface area contributed by atoms with Crippen molar-refractivity contribution in [2.45, 2.75) is 45.1 Å². The lowest BCUT2D eigenvalue weighted by molar-refractivity contribution is -0.143. The van der Waals surface area contributed by atoms with Crippen LogP contribution in [0.25, 0.3) is 0 Å². The molecule has 26 heavy (non-hydrogen) atoms. The first-order valence-corrected chi connectivity index (χ1v) is 9.27. The lowest BCUT2D eigenvalue weighted by Gasteiger charge is -2.43. The topological polar surface area (TPSA) is 52.7 Å². The molecule has 0 saturated carbocycles. The highest BCUT2D eigenvalue weighted by molar-refractivity contribution is 5.88. The van der Waals surface area contributed by atoms with Crippen LogP contribution >= 0.6 is 12.4 Å². The lowest BCUT2D eigenvalue weighted by Crippen LogP contribution is -2.58. The Morgan fingerprint density at radius 2 is 1.96 bits per heavy atom. The molecule has 0 aromatic heterocycles. The van der Waals surface area contributed by atoms with E-state index in [0.29, 0.717) is 13.1 Å². The van der Waals surface area contributed by atoms with Crippen LogP contribution in [0.2, 0.25) is 0 Å². The van der Waals surface area contributed by atoms with Gasteiger partial charge in [-0.25, -0.2) is 0 Å². The average molecular weight is 380 g/mol. The van der Waals surface area contributed by atoms with E-state index in [9.17, 15) is 9.59 Å². The molecule has 2 fully saturated rings. The molecule has 0 aliphatic carbocycles. The van der Waals surface area contributed by atoms with E-state index in [4.69, 9.17) is 0 Å². The third-order valence-electron chi connectivity index (χ3n) is 5.60. The van der Waals surface area contributed by atoms with Crippen LogP contribution in [-0.2, 0) is 15.0 Å². The fourth-order valence-corrected chi connectivity index (χ4v) is 4.19. The molecule has 1 aromatic carbocycles. The number of carbonyl (C=O) groups is 2. The predicted molar refractivity (Wildman–Crippen MR) is 106 cm³/mol. The van der Waals surface area contributed by atoms with Gasteiger partial charge in [0, 0.05) is 32.2 Å². The van der Waals surface area contributed by atoms with Gasteiger partial charge in [-0.2, -0.15) is 0 Å². The van der Waals surface area contributed by atoms with Crippen LogP contribution in [0.1, 0.15) is 37.8 Å². The summed E-state index contributed by atoms with van der Waals surface area (Å²) < 4.78 is 0. The monoisotopic (exact) mass is 379 g/mol. The fourth-order valence-electron chi connectivity index (χ4n) is 4.19. The van der Waals surface area contributed by atoms with Crippen LogP contribution < -0.4 is 5.32 Å². The molecule has 1 unspecified atom stereocenters. The van der Waals surface area contributed by atoms with Gasteiger partial charge < -0.3 is 15.1 Å². The minimum atomic E-state index is -0.555. The van der Waals surface area contributed by atoms with Crippen molar-refractivity contribution in [3.05, 3.63) is 35.4 Å². The smallest absolute Gasteiger partial charge is 0.236 e. The first-order chi connectivity index (χ1) is 11.9. The minimum absolute atomic E-state index is 0. The Hall–Kier alpha value is -1.59. The van der Waals surface area contributed by atoms with Gasteiger partial charge in [-0.05, 0) is 44.7 Å². The number of piperazine rings is 1. The lowest BCUT2D eigenvalue weighted by atomic mass is 9.80. The summed E-state index contributed by atoms with van der Waals surface area (Å²) in [5.74, 6) is 0.317. The van der Waals surface area contributed by atoms with Crippen molar-refractivity contribution in [1.82, 2.24) is 15.1 Å². The molecule has 144 valence electrons. The van der Waals surface area contributed by atoms with Gasteiger partial charge in [0.05, 0.1) is 12.0 Å². The molecule has 2 aliphatic heterocycles. The number of hydrogen-bond donors (Lipinski definition) is 1. The summed E-state index contributed by atoms with van der Waals surface area (Å²) in [7, 11) is 0. The second-order valence-corrected chi connectivity index (χ2v) is 7.75. The van der Waals surface area contributed by atoms with Crippen LogP contribution in [0, 0.1) is 6.92 Å². The van der Waals surface area contributed by atoms with Crippen LogP contribution in [0.5, 0.6) is 0 Å². The van der Waals surface area contributed by atoms with Crippen LogP contribution in [-0.4, -0.2) is 60.4 Å². The van der Waals surface area contributed by atoms with Gasteiger partial charge in [0.25, 0.3) is 0 Å². The van der Waals surface area contributed by atoms with Crippen molar-refractivity contribution in [2.24, 2.45) is 0 Å². The van der Waals surface area contributed by atoms with Gasteiger partial charge in [0.1, 0.15) is 0 Å². The van der Waals surface area contributed by atoms with Gasteiger partial charge >= 0.3 is 0 Å². The Kier molecular flexibility index (Phi) is 6.69. The Balaban J connectivity index is 0.00000243. The van der Waals surface area contributed by atoms with E-state index < -0.39 is 5.41 Å².